The van der Waals surface area contributed by atoms with Crippen molar-refractivity contribution in [2.45, 2.75) is 13.3 Å². The molecule has 2 aromatic carbocycles. The molecule has 5 heteroatoms. The fraction of sp³-hybridized carbons (Fsp3) is 0.300. The van der Waals surface area contributed by atoms with Gasteiger partial charge < -0.3 is 15.4 Å². The molecule has 1 saturated heterocycles. The Hall–Kier alpha value is -2.66. The van der Waals surface area contributed by atoms with Gasteiger partial charge in [0.05, 0.1) is 18.9 Å². The Morgan fingerprint density at radius 1 is 1.00 bits per heavy atom. The van der Waals surface area contributed by atoms with Gasteiger partial charge in [0, 0.05) is 13.1 Å². The van der Waals surface area contributed by atoms with Crippen molar-refractivity contribution >= 4 is 11.7 Å². The maximum atomic E-state index is 6.04. The van der Waals surface area contributed by atoms with Crippen LogP contribution in [0.15, 0.2) is 52.7 Å². The summed E-state index contributed by atoms with van der Waals surface area (Å²) < 4.78 is 5.33. The number of ether oxygens (including phenoxy) is 1. The van der Waals surface area contributed by atoms with Gasteiger partial charge in [-0.1, -0.05) is 36.4 Å². The minimum absolute atomic E-state index is 0.455. The molecule has 1 aliphatic carbocycles. The Morgan fingerprint density at radius 2 is 1.76 bits per heavy atom. The predicted molar refractivity (Wildman–Crippen MR) is 101 cm³/mol. The van der Waals surface area contributed by atoms with Crippen LogP contribution in [-0.2, 0) is 11.2 Å². The van der Waals surface area contributed by atoms with Crippen molar-refractivity contribution < 1.29 is 4.74 Å². The average molecular weight is 334 g/mol. The first kappa shape index (κ1) is 15.8. The molecule has 128 valence electrons. The van der Waals surface area contributed by atoms with E-state index in [-0.39, 0.29) is 0 Å². The lowest BCUT2D eigenvalue weighted by Gasteiger charge is -2.26. The number of nitrogens with two attached hydrogens (primary N) is 1. The lowest BCUT2D eigenvalue weighted by Crippen LogP contribution is -2.44. The first-order chi connectivity index (χ1) is 12.2. The Balaban J connectivity index is 1.55. The van der Waals surface area contributed by atoms with Crippen LogP contribution in [0.4, 0.5) is 0 Å². The van der Waals surface area contributed by atoms with Gasteiger partial charge in [-0.05, 0) is 47.2 Å². The van der Waals surface area contributed by atoms with Crippen molar-refractivity contribution in [2.75, 3.05) is 26.3 Å². The van der Waals surface area contributed by atoms with Crippen LogP contribution in [0.3, 0.4) is 0 Å². The molecular weight excluding hydrogens is 312 g/mol. The van der Waals surface area contributed by atoms with Crippen molar-refractivity contribution in [1.82, 2.24) is 4.90 Å². The van der Waals surface area contributed by atoms with Gasteiger partial charge in [-0.25, -0.2) is 0 Å². The Labute approximate surface area is 147 Å². The van der Waals surface area contributed by atoms with E-state index in [1.165, 1.54) is 22.3 Å². The standard InChI is InChI=1S/C20H22N4O/c1-14(22-23-20(21)24-8-10-25-11-9-24)15-6-7-19-17(12-15)13-16-4-2-3-5-18(16)19/h2-7,12H,8-11,13H2,1H3,(H2,21,23). The van der Waals surface area contributed by atoms with Crippen LogP contribution in [0.25, 0.3) is 11.1 Å². The van der Waals surface area contributed by atoms with Crippen LogP contribution < -0.4 is 5.73 Å². The highest BCUT2D eigenvalue weighted by Crippen LogP contribution is 2.36. The van der Waals surface area contributed by atoms with E-state index in [4.69, 9.17) is 10.5 Å². The fourth-order valence-electron chi connectivity index (χ4n) is 3.41. The smallest absolute Gasteiger partial charge is 0.216 e. The number of hydrogen-bond acceptors (Lipinski definition) is 3. The van der Waals surface area contributed by atoms with Crippen LogP contribution >= 0.6 is 0 Å². The van der Waals surface area contributed by atoms with E-state index >= 15 is 0 Å². The molecule has 2 aromatic rings. The summed E-state index contributed by atoms with van der Waals surface area (Å²) in [5, 5.41) is 8.55. The van der Waals surface area contributed by atoms with Gasteiger partial charge in [0.25, 0.3) is 0 Å². The molecule has 1 aliphatic heterocycles. The number of fused-ring (bicyclic) bond motifs is 3. The summed E-state index contributed by atoms with van der Waals surface area (Å²) in [6.45, 7) is 4.87. The van der Waals surface area contributed by atoms with Gasteiger partial charge >= 0.3 is 0 Å². The minimum Gasteiger partial charge on any atom is -0.378 e. The molecule has 0 spiro atoms. The zero-order valence-corrected chi connectivity index (χ0v) is 14.4. The Morgan fingerprint density at radius 3 is 2.60 bits per heavy atom. The van der Waals surface area contributed by atoms with Crippen molar-refractivity contribution in [3.8, 4) is 11.1 Å². The minimum atomic E-state index is 0.455. The average Bonchev–Trinajstić information content (AvgIpc) is 3.04. The molecule has 0 radical (unpaired) electrons. The topological polar surface area (TPSA) is 63.2 Å². The van der Waals surface area contributed by atoms with Gasteiger partial charge in [0.1, 0.15) is 0 Å². The summed E-state index contributed by atoms with van der Waals surface area (Å²) in [7, 11) is 0. The highest BCUT2D eigenvalue weighted by molar-refractivity contribution is 6.00. The third-order valence-electron chi connectivity index (χ3n) is 4.85. The van der Waals surface area contributed by atoms with Crippen LogP contribution in [0.2, 0.25) is 0 Å². The number of benzene rings is 2. The molecule has 2 N–H and O–H groups in total. The molecule has 0 aromatic heterocycles. The Kier molecular flexibility index (Phi) is 4.24. The lowest BCUT2D eigenvalue weighted by atomic mass is 10.0. The largest absolute Gasteiger partial charge is 0.378 e. The van der Waals surface area contributed by atoms with E-state index in [9.17, 15) is 0 Å². The van der Waals surface area contributed by atoms with E-state index in [1.54, 1.807) is 0 Å². The van der Waals surface area contributed by atoms with Crippen molar-refractivity contribution in [1.29, 1.82) is 0 Å². The summed E-state index contributed by atoms with van der Waals surface area (Å²) in [6.07, 6.45) is 0.978. The highest BCUT2D eigenvalue weighted by Gasteiger charge is 2.18. The highest BCUT2D eigenvalue weighted by atomic mass is 16.5. The normalized spacial score (nSPS) is 17.4. The van der Waals surface area contributed by atoms with Gasteiger partial charge in [0.2, 0.25) is 5.96 Å². The molecule has 5 nitrogen and oxygen atoms in total. The third-order valence-corrected chi connectivity index (χ3v) is 4.85. The van der Waals surface area contributed by atoms with E-state index in [1.807, 2.05) is 11.8 Å². The molecule has 0 amide bonds. The quantitative estimate of drug-likeness (QED) is 0.445. The molecule has 4 rings (SSSR count). The van der Waals surface area contributed by atoms with Crippen LogP contribution in [0.1, 0.15) is 23.6 Å². The molecule has 0 unspecified atom stereocenters. The van der Waals surface area contributed by atoms with Crippen LogP contribution in [0.5, 0.6) is 0 Å². The predicted octanol–water partition coefficient (Wildman–Crippen LogP) is 2.63. The summed E-state index contributed by atoms with van der Waals surface area (Å²) in [5.41, 5.74) is 13.4. The second-order valence-corrected chi connectivity index (χ2v) is 6.45. The van der Waals surface area contributed by atoms with Gasteiger partial charge in [-0.15, -0.1) is 5.10 Å². The maximum absolute atomic E-state index is 6.04. The molecule has 0 atom stereocenters. The van der Waals surface area contributed by atoms with Crippen molar-refractivity contribution in [3.63, 3.8) is 0 Å². The summed E-state index contributed by atoms with van der Waals surface area (Å²) in [6, 6.07) is 15.1. The maximum Gasteiger partial charge on any atom is 0.216 e. The van der Waals surface area contributed by atoms with Gasteiger partial charge in [0.15, 0.2) is 0 Å². The van der Waals surface area contributed by atoms with Crippen LogP contribution in [0, 0.1) is 0 Å². The molecule has 1 heterocycles. The van der Waals surface area contributed by atoms with Crippen molar-refractivity contribution in [2.24, 2.45) is 15.9 Å². The number of guanidine groups is 1. The molecule has 0 saturated carbocycles. The monoisotopic (exact) mass is 334 g/mol. The molecule has 0 bridgehead atoms. The second-order valence-electron chi connectivity index (χ2n) is 6.45. The lowest BCUT2D eigenvalue weighted by molar-refractivity contribution is 0.0674. The number of hydrogen-bond donors (Lipinski definition) is 1. The first-order valence-corrected chi connectivity index (χ1v) is 8.64. The second kappa shape index (κ2) is 6.69. The summed E-state index contributed by atoms with van der Waals surface area (Å²) >= 11 is 0. The first-order valence-electron chi connectivity index (χ1n) is 8.64. The van der Waals surface area contributed by atoms with E-state index in [0.717, 1.165) is 30.8 Å². The van der Waals surface area contributed by atoms with Gasteiger partial charge in [-0.3, -0.25) is 0 Å². The molecule has 25 heavy (non-hydrogen) atoms. The van der Waals surface area contributed by atoms with E-state index in [0.29, 0.717) is 19.2 Å². The van der Waals surface area contributed by atoms with Crippen molar-refractivity contribution in [3.05, 3.63) is 59.2 Å². The fourth-order valence-corrected chi connectivity index (χ4v) is 3.41. The molecule has 1 fully saturated rings. The summed E-state index contributed by atoms with van der Waals surface area (Å²) in [4.78, 5) is 2.00. The SMILES string of the molecule is CC(=NN=C(N)N1CCOCC1)c1ccc2c(c1)Cc1ccccc1-2. The number of nitrogens with zero attached hydrogens (tertiary/aromatic N) is 3. The summed E-state index contributed by atoms with van der Waals surface area (Å²) in [5.74, 6) is 0.455. The zero-order chi connectivity index (χ0) is 17.2. The zero-order valence-electron chi connectivity index (χ0n) is 14.4. The van der Waals surface area contributed by atoms with E-state index in [2.05, 4.69) is 52.7 Å². The molecule has 2 aliphatic rings. The van der Waals surface area contributed by atoms with E-state index < -0.39 is 0 Å². The number of morpholine rings is 1. The number of rotatable bonds is 2. The Bertz CT molecular complexity index is 851. The van der Waals surface area contributed by atoms with Gasteiger partial charge in [-0.2, -0.15) is 5.10 Å². The third kappa shape index (κ3) is 3.15. The molecular formula is C20H22N4O. The van der Waals surface area contributed by atoms with Crippen LogP contribution in [-0.4, -0.2) is 42.9 Å².